The van der Waals surface area contributed by atoms with Gasteiger partial charge in [0.15, 0.2) is 11.5 Å². The van der Waals surface area contributed by atoms with E-state index >= 15 is 0 Å². The number of amides is 5. The van der Waals surface area contributed by atoms with Gasteiger partial charge in [-0.15, -0.1) is 0 Å². The third-order valence-corrected chi connectivity index (χ3v) is 18.9. The van der Waals surface area contributed by atoms with E-state index in [9.17, 15) is 28.8 Å². The van der Waals surface area contributed by atoms with Crippen molar-refractivity contribution < 1.29 is 43.0 Å². The fraction of sp³-hybridized carbons (Fsp3) is 0.387. The van der Waals surface area contributed by atoms with Crippen molar-refractivity contribution in [1.82, 2.24) is 14.7 Å². The lowest BCUT2D eigenvalue weighted by Gasteiger charge is -2.36. The molecule has 5 aromatic carbocycles. The van der Waals surface area contributed by atoms with Gasteiger partial charge < -0.3 is 39.5 Å². The number of nitrogens with one attached hydrogen (secondary N) is 2. The summed E-state index contributed by atoms with van der Waals surface area (Å²) in [4.78, 5) is 85.6. The molecule has 10 rings (SSSR count). The van der Waals surface area contributed by atoms with E-state index in [2.05, 4.69) is 59.7 Å². The molecule has 0 aromatic heterocycles. The van der Waals surface area contributed by atoms with Crippen molar-refractivity contribution in [1.29, 1.82) is 0 Å². The van der Waals surface area contributed by atoms with Crippen LogP contribution in [0.2, 0.25) is 0 Å². The van der Waals surface area contributed by atoms with E-state index < -0.39 is 0 Å². The number of likely N-dealkylation sites (N-methyl/N-ethyl adjacent to an activating group) is 1. The smallest absolute Gasteiger partial charge is 0.256 e. The minimum Gasteiger partial charge on any atom is -0.493 e. The number of Topliss-reactive ketones (excluding diaryl/α,β-unsaturated/α-hetero) is 1. The molecule has 17 heteroatoms. The second-order valence-electron chi connectivity index (χ2n) is 21.8. The number of fused-ring (bicyclic) bond motifs is 6. The molecular formula is C62H68N6O9S2. The van der Waals surface area contributed by atoms with Crippen molar-refractivity contribution in [2.24, 2.45) is 0 Å². The lowest BCUT2D eigenvalue weighted by atomic mass is 9.93. The molecular weight excluding hydrogens is 1040 g/mol. The van der Waals surface area contributed by atoms with Gasteiger partial charge in [0.1, 0.15) is 24.7 Å². The van der Waals surface area contributed by atoms with Crippen LogP contribution < -0.4 is 29.7 Å². The van der Waals surface area contributed by atoms with Gasteiger partial charge in [0.2, 0.25) is 5.91 Å². The molecule has 412 valence electrons. The second-order valence-corrected chi connectivity index (χ2v) is 24.9. The summed E-state index contributed by atoms with van der Waals surface area (Å²) in [5.74, 6) is 1.57. The molecule has 5 aromatic rings. The standard InChI is InChI=1S/C62H68N6O9S2/c1-39-24-51-53(65(4)36-48-29-43-13-7-9-15-45(43)35-68(48)61(51)74)32-54(39)76-37-40-25-41(38-77-56-31-52-50(30-55(56)75-5)60(73)67-34-44-14-8-6-12-42(44)28-47(67)33-63-52)27-46(26-40)64-57(70)20-21-62(2,3)79-78-23-11-17-49(69)16-10-22-66-58(71)18-19-59(66)72/h6-9,12-15,18-19,24-27,30-32,47-48,63H,10-11,16-17,20-23,28-29,33-38H2,1-5H3,(H,64,70)/t47-,48?/m0/s1. The first kappa shape index (κ1) is 55.1. The number of aryl methyl sites for hydroxylation is 1. The summed E-state index contributed by atoms with van der Waals surface area (Å²) in [5, 5.41) is 6.69. The van der Waals surface area contributed by atoms with Gasteiger partial charge in [-0.25, -0.2) is 0 Å². The Morgan fingerprint density at radius 1 is 0.722 bits per heavy atom. The van der Waals surface area contributed by atoms with Gasteiger partial charge in [-0.05, 0) is 122 Å². The van der Waals surface area contributed by atoms with Gasteiger partial charge in [0.05, 0.1) is 41.7 Å². The van der Waals surface area contributed by atoms with Crippen molar-refractivity contribution >= 4 is 74.0 Å². The van der Waals surface area contributed by atoms with E-state index in [0.717, 1.165) is 51.4 Å². The molecule has 0 fully saturated rings. The number of benzene rings is 5. The maximum atomic E-state index is 14.2. The number of rotatable bonds is 21. The Hall–Kier alpha value is -7.24. The molecule has 79 heavy (non-hydrogen) atoms. The van der Waals surface area contributed by atoms with Gasteiger partial charge in [-0.2, -0.15) is 0 Å². The number of hydrogen-bond acceptors (Lipinski definition) is 13. The number of imide groups is 1. The summed E-state index contributed by atoms with van der Waals surface area (Å²) in [6.45, 7) is 9.09. The predicted molar refractivity (Wildman–Crippen MR) is 310 cm³/mol. The van der Waals surface area contributed by atoms with Crippen LogP contribution >= 0.6 is 21.6 Å². The monoisotopic (exact) mass is 1100 g/mol. The number of anilines is 3. The van der Waals surface area contributed by atoms with E-state index in [-0.39, 0.29) is 78.3 Å². The van der Waals surface area contributed by atoms with E-state index in [0.29, 0.717) is 98.0 Å². The SMILES string of the molecule is COc1cc2c(cc1OCc1cc(COc3cc4c(cc3C)C(=O)N3Cc5ccccc5CC3CN4C)cc(NC(=O)CCC(C)(C)SSCCCC(=O)CCCN3C(=O)C=CC3=O)c1)NC[C@@H]1Cc3ccccc3CN1C2=O. The quantitative estimate of drug-likeness (QED) is 0.0405. The Morgan fingerprint density at radius 3 is 2.03 bits per heavy atom. The van der Waals surface area contributed by atoms with Crippen molar-refractivity contribution in [3.63, 3.8) is 0 Å². The van der Waals surface area contributed by atoms with E-state index in [1.54, 1.807) is 34.8 Å². The molecule has 0 radical (unpaired) electrons. The number of ketones is 1. The lowest BCUT2D eigenvalue weighted by molar-refractivity contribution is -0.137. The number of carbonyl (C=O) groups is 6. The molecule has 2 N–H and O–H groups in total. The third-order valence-electron chi connectivity index (χ3n) is 15.5. The third kappa shape index (κ3) is 12.8. The average Bonchev–Trinajstić information content (AvgIpc) is 3.73. The number of carbonyl (C=O) groups excluding carboxylic acids is 6. The molecule has 15 nitrogen and oxygen atoms in total. The normalized spacial score (nSPS) is 17.4. The highest BCUT2D eigenvalue weighted by Gasteiger charge is 2.37. The van der Waals surface area contributed by atoms with Gasteiger partial charge in [0, 0.05) is 99.5 Å². The van der Waals surface area contributed by atoms with E-state index in [1.807, 2.05) is 78.4 Å². The summed E-state index contributed by atoms with van der Waals surface area (Å²) in [6, 6.07) is 30.0. The minimum absolute atomic E-state index is 0.00855. The van der Waals surface area contributed by atoms with Crippen LogP contribution in [0.25, 0.3) is 0 Å². The Kier molecular flexibility index (Phi) is 16.7. The zero-order valence-corrected chi connectivity index (χ0v) is 47.2. The summed E-state index contributed by atoms with van der Waals surface area (Å²) < 4.78 is 18.8. The molecule has 0 saturated heterocycles. The number of ether oxygens (including phenoxy) is 3. The van der Waals surface area contributed by atoms with Crippen molar-refractivity contribution in [2.45, 2.75) is 115 Å². The second kappa shape index (κ2) is 24.0. The Labute approximate surface area is 470 Å². The van der Waals surface area contributed by atoms with Crippen LogP contribution in [0.15, 0.2) is 103 Å². The summed E-state index contributed by atoms with van der Waals surface area (Å²) >= 11 is 0. The molecule has 0 saturated carbocycles. The van der Waals surface area contributed by atoms with Gasteiger partial charge in [0.25, 0.3) is 23.6 Å². The summed E-state index contributed by atoms with van der Waals surface area (Å²) in [7, 11) is 6.98. The molecule has 5 heterocycles. The molecule has 5 amide bonds. The molecule has 1 unspecified atom stereocenters. The number of hydrogen-bond donors (Lipinski definition) is 2. The maximum absolute atomic E-state index is 14.2. The molecule has 0 bridgehead atoms. The highest BCUT2D eigenvalue weighted by atomic mass is 33.1. The van der Waals surface area contributed by atoms with Crippen LogP contribution in [-0.2, 0) is 58.3 Å². The highest BCUT2D eigenvalue weighted by Crippen LogP contribution is 2.41. The van der Waals surface area contributed by atoms with Crippen molar-refractivity contribution in [2.75, 3.05) is 55.1 Å². The van der Waals surface area contributed by atoms with Crippen LogP contribution in [0.4, 0.5) is 17.1 Å². The predicted octanol–water partition coefficient (Wildman–Crippen LogP) is 10.1. The number of methoxy groups -OCH3 is 1. The Morgan fingerprint density at radius 2 is 1.34 bits per heavy atom. The van der Waals surface area contributed by atoms with Crippen LogP contribution in [0.5, 0.6) is 17.2 Å². The fourth-order valence-electron chi connectivity index (χ4n) is 11.2. The molecule has 2 atom stereocenters. The van der Waals surface area contributed by atoms with Crippen LogP contribution in [-0.4, -0.2) is 106 Å². The maximum Gasteiger partial charge on any atom is 0.256 e. The van der Waals surface area contributed by atoms with Crippen LogP contribution in [0.3, 0.4) is 0 Å². The van der Waals surface area contributed by atoms with E-state index in [1.165, 1.54) is 28.8 Å². The first-order valence-electron chi connectivity index (χ1n) is 27.2. The summed E-state index contributed by atoms with van der Waals surface area (Å²) in [6.07, 6.45) is 6.88. The number of nitrogens with zero attached hydrogens (tertiary/aromatic N) is 4. The molecule has 0 spiro atoms. The van der Waals surface area contributed by atoms with Gasteiger partial charge >= 0.3 is 0 Å². The van der Waals surface area contributed by atoms with Crippen LogP contribution in [0.1, 0.15) is 112 Å². The van der Waals surface area contributed by atoms with Gasteiger partial charge in [-0.1, -0.05) is 70.1 Å². The van der Waals surface area contributed by atoms with Gasteiger partial charge in [-0.3, -0.25) is 33.7 Å². The zero-order valence-electron chi connectivity index (χ0n) is 45.6. The first-order valence-corrected chi connectivity index (χ1v) is 29.5. The average molecular weight is 1110 g/mol. The molecule has 5 aliphatic heterocycles. The molecule has 5 aliphatic rings. The van der Waals surface area contributed by atoms with Crippen molar-refractivity contribution in [3.05, 3.63) is 153 Å². The topological polar surface area (TPSA) is 167 Å². The van der Waals surface area contributed by atoms with Crippen LogP contribution in [0, 0.1) is 6.92 Å². The van der Waals surface area contributed by atoms with Crippen molar-refractivity contribution in [3.8, 4) is 17.2 Å². The van der Waals surface area contributed by atoms with E-state index in [4.69, 9.17) is 14.2 Å². The first-order chi connectivity index (χ1) is 38.1. The molecule has 0 aliphatic carbocycles. The summed E-state index contributed by atoms with van der Waals surface area (Å²) in [5.41, 5.74) is 10.5. The minimum atomic E-state index is -0.331. The Balaban J connectivity index is 0.806. The largest absolute Gasteiger partial charge is 0.493 e. The fourth-order valence-corrected chi connectivity index (χ4v) is 13.8. The Bertz CT molecular complexity index is 3220. The lowest BCUT2D eigenvalue weighted by Crippen LogP contribution is -2.47. The zero-order chi connectivity index (χ0) is 55.4. The highest BCUT2D eigenvalue weighted by molar-refractivity contribution is 8.77.